The summed E-state index contributed by atoms with van der Waals surface area (Å²) in [5.74, 6) is -1.02. The van der Waals surface area contributed by atoms with Crippen LogP contribution in [0.25, 0.3) is 0 Å². The van der Waals surface area contributed by atoms with E-state index < -0.39 is 23.3 Å². The minimum atomic E-state index is -1.16. The van der Waals surface area contributed by atoms with Crippen LogP contribution in [0.4, 0.5) is 4.79 Å². The monoisotopic (exact) mass is 238 g/mol. The van der Waals surface area contributed by atoms with Crippen molar-refractivity contribution in [2.75, 3.05) is 0 Å². The molecule has 0 aromatic carbocycles. The zero-order chi connectivity index (χ0) is 12.9. The Hall–Kier alpha value is -1.65. The first kappa shape index (κ1) is 13.4. The third-order valence-corrected chi connectivity index (χ3v) is 3.02. The molecular weight excluding hydrogens is 220 g/mol. The summed E-state index contributed by atoms with van der Waals surface area (Å²) in [6.07, 6.45) is 4.97. The number of carbonyl (C=O) groups is 3. The van der Waals surface area contributed by atoms with Gasteiger partial charge in [0.05, 0.1) is 0 Å². The van der Waals surface area contributed by atoms with Crippen molar-refractivity contribution >= 4 is 17.8 Å². The summed E-state index contributed by atoms with van der Waals surface area (Å²) in [6.45, 7) is 5.62. The van der Waals surface area contributed by atoms with Crippen LogP contribution in [0.15, 0.2) is 12.7 Å². The van der Waals surface area contributed by atoms with Crippen LogP contribution >= 0.6 is 0 Å². The Bertz CT molecular complexity index is 330. The van der Waals surface area contributed by atoms with E-state index in [9.17, 15) is 14.4 Å². The average Bonchev–Trinajstić information content (AvgIpc) is 2.25. The molecule has 1 aliphatic rings. The molecule has 17 heavy (non-hydrogen) atoms. The summed E-state index contributed by atoms with van der Waals surface area (Å²) >= 11 is 0. The maximum Gasteiger partial charge on any atom is 0.328 e. The van der Waals surface area contributed by atoms with Crippen molar-refractivity contribution in [1.29, 1.82) is 0 Å². The summed E-state index contributed by atoms with van der Waals surface area (Å²) in [6, 6.07) is -0.741. The zero-order valence-electron chi connectivity index (χ0n) is 10.0. The Morgan fingerprint density at radius 3 is 2.24 bits per heavy atom. The van der Waals surface area contributed by atoms with E-state index in [1.54, 1.807) is 6.08 Å². The summed E-state index contributed by atoms with van der Waals surface area (Å²) in [4.78, 5) is 34.8. The van der Waals surface area contributed by atoms with E-state index in [0.717, 1.165) is 19.3 Å². The number of hydrogen-bond acceptors (Lipinski definition) is 3. The van der Waals surface area contributed by atoms with E-state index in [0.29, 0.717) is 6.42 Å². The van der Waals surface area contributed by atoms with Crippen LogP contribution in [0, 0.1) is 5.41 Å². The Balaban J connectivity index is 2.87. The second kappa shape index (κ2) is 5.61. The topological polar surface area (TPSA) is 75.3 Å². The average molecular weight is 238 g/mol. The number of carbonyl (C=O) groups excluding carboxylic acids is 3. The summed E-state index contributed by atoms with van der Waals surface area (Å²) in [5.41, 5.74) is -1.16. The lowest BCUT2D eigenvalue weighted by molar-refractivity contribution is -0.144. The quantitative estimate of drug-likeness (QED) is 0.418. The number of unbranched alkanes of at least 4 members (excludes halogenated alkanes) is 2. The molecule has 2 N–H and O–H groups in total. The number of barbiturate groups is 1. The fourth-order valence-electron chi connectivity index (χ4n) is 2.02. The van der Waals surface area contributed by atoms with E-state index in [2.05, 4.69) is 17.2 Å². The molecular formula is C12H18N2O3. The molecule has 4 amide bonds. The fourth-order valence-corrected chi connectivity index (χ4v) is 2.02. The van der Waals surface area contributed by atoms with Crippen molar-refractivity contribution < 1.29 is 14.4 Å². The van der Waals surface area contributed by atoms with Gasteiger partial charge in [-0.2, -0.15) is 0 Å². The molecule has 1 fully saturated rings. The highest BCUT2D eigenvalue weighted by Gasteiger charge is 2.48. The minimum Gasteiger partial charge on any atom is -0.277 e. The van der Waals surface area contributed by atoms with Crippen LogP contribution in [-0.2, 0) is 9.59 Å². The first-order valence-corrected chi connectivity index (χ1v) is 5.84. The van der Waals surface area contributed by atoms with E-state index in [-0.39, 0.29) is 6.42 Å². The zero-order valence-corrected chi connectivity index (χ0v) is 10.0. The van der Waals surface area contributed by atoms with Gasteiger partial charge in [-0.05, 0) is 12.8 Å². The van der Waals surface area contributed by atoms with Gasteiger partial charge in [0.2, 0.25) is 11.8 Å². The first-order chi connectivity index (χ1) is 8.06. The van der Waals surface area contributed by atoms with Gasteiger partial charge in [0, 0.05) is 0 Å². The van der Waals surface area contributed by atoms with Crippen LogP contribution in [0.3, 0.4) is 0 Å². The molecule has 5 nitrogen and oxygen atoms in total. The Morgan fingerprint density at radius 1 is 1.18 bits per heavy atom. The van der Waals surface area contributed by atoms with Gasteiger partial charge in [0.25, 0.3) is 0 Å². The molecule has 0 aliphatic carbocycles. The third kappa shape index (κ3) is 2.72. The number of imide groups is 2. The molecule has 0 atom stereocenters. The second-order valence-electron chi connectivity index (χ2n) is 4.27. The molecule has 0 saturated carbocycles. The lowest BCUT2D eigenvalue weighted by atomic mass is 9.76. The van der Waals surface area contributed by atoms with E-state index in [4.69, 9.17) is 0 Å². The maximum absolute atomic E-state index is 11.9. The molecule has 0 bridgehead atoms. The van der Waals surface area contributed by atoms with Gasteiger partial charge in [-0.15, -0.1) is 6.58 Å². The van der Waals surface area contributed by atoms with Crippen molar-refractivity contribution in [1.82, 2.24) is 10.6 Å². The van der Waals surface area contributed by atoms with E-state index in [1.807, 2.05) is 6.92 Å². The molecule has 1 heterocycles. The minimum absolute atomic E-state index is 0.252. The highest BCUT2D eigenvalue weighted by atomic mass is 16.2. The lowest BCUT2D eigenvalue weighted by Gasteiger charge is -2.33. The van der Waals surface area contributed by atoms with Crippen molar-refractivity contribution in [3.63, 3.8) is 0 Å². The summed E-state index contributed by atoms with van der Waals surface area (Å²) < 4.78 is 0. The van der Waals surface area contributed by atoms with Crippen LogP contribution in [0.1, 0.15) is 39.0 Å². The van der Waals surface area contributed by atoms with Crippen molar-refractivity contribution in [3.8, 4) is 0 Å². The van der Waals surface area contributed by atoms with Crippen LogP contribution in [0.2, 0.25) is 0 Å². The van der Waals surface area contributed by atoms with Gasteiger partial charge in [0.1, 0.15) is 5.41 Å². The molecule has 0 unspecified atom stereocenters. The normalized spacial score (nSPS) is 18.5. The number of nitrogens with one attached hydrogen (secondary N) is 2. The van der Waals surface area contributed by atoms with E-state index >= 15 is 0 Å². The Kier molecular flexibility index (Phi) is 4.43. The smallest absolute Gasteiger partial charge is 0.277 e. The molecule has 0 radical (unpaired) electrons. The molecule has 0 aromatic heterocycles. The number of hydrogen-bond donors (Lipinski definition) is 2. The summed E-state index contributed by atoms with van der Waals surface area (Å²) in [5, 5.41) is 4.31. The Morgan fingerprint density at radius 2 is 1.76 bits per heavy atom. The number of amides is 4. The standard InChI is InChI=1S/C12H18N2O3/c1-3-5-6-8-12(7-4-2)9(15)13-11(17)14-10(12)16/h4H,2-3,5-8H2,1H3,(H2,13,14,15,16,17). The van der Waals surface area contributed by atoms with Crippen molar-refractivity contribution in [2.45, 2.75) is 39.0 Å². The molecule has 94 valence electrons. The molecule has 1 saturated heterocycles. The van der Waals surface area contributed by atoms with Gasteiger partial charge < -0.3 is 0 Å². The molecule has 5 heteroatoms. The molecule has 1 aliphatic heterocycles. The number of rotatable bonds is 6. The highest BCUT2D eigenvalue weighted by molar-refractivity contribution is 6.19. The molecule has 0 spiro atoms. The fraction of sp³-hybridized carbons (Fsp3) is 0.583. The van der Waals surface area contributed by atoms with E-state index in [1.165, 1.54) is 0 Å². The highest BCUT2D eigenvalue weighted by Crippen LogP contribution is 2.32. The van der Waals surface area contributed by atoms with Crippen molar-refractivity contribution in [2.24, 2.45) is 5.41 Å². The summed E-state index contributed by atoms with van der Waals surface area (Å²) in [7, 11) is 0. The Labute approximate surface area is 101 Å². The second-order valence-corrected chi connectivity index (χ2v) is 4.27. The van der Waals surface area contributed by atoms with Gasteiger partial charge in [-0.1, -0.05) is 32.3 Å². The molecule has 1 rings (SSSR count). The van der Waals surface area contributed by atoms with Crippen molar-refractivity contribution in [3.05, 3.63) is 12.7 Å². The van der Waals surface area contributed by atoms with Crippen LogP contribution in [0.5, 0.6) is 0 Å². The number of urea groups is 1. The molecule has 0 aromatic rings. The third-order valence-electron chi connectivity index (χ3n) is 3.02. The van der Waals surface area contributed by atoms with Crippen LogP contribution < -0.4 is 10.6 Å². The van der Waals surface area contributed by atoms with Gasteiger partial charge in [-0.25, -0.2) is 4.79 Å². The van der Waals surface area contributed by atoms with Gasteiger partial charge in [0.15, 0.2) is 0 Å². The SMILES string of the molecule is C=CCC1(CCCCC)C(=O)NC(=O)NC1=O. The predicted molar refractivity (Wildman–Crippen MR) is 63.1 cm³/mol. The number of allylic oxidation sites excluding steroid dienone is 1. The largest absolute Gasteiger partial charge is 0.328 e. The maximum atomic E-state index is 11.9. The first-order valence-electron chi connectivity index (χ1n) is 5.84. The van der Waals surface area contributed by atoms with Gasteiger partial charge in [-0.3, -0.25) is 20.2 Å². The van der Waals surface area contributed by atoms with Gasteiger partial charge >= 0.3 is 6.03 Å². The lowest BCUT2D eigenvalue weighted by Crippen LogP contribution is -2.62. The van der Waals surface area contributed by atoms with Crippen LogP contribution in [-0.4, -0.2) is 17.8 Å². The predicted octanol–water partition coefficient (Wildman–Crippen LogP) is 1.50.